The maximum absolute atomic E-state index is 6.90. The van der Waals surface area contributed by atoms with Gasteiger partial charge in [0.15, 0.2) is 0 Å². The minimum Gasteiger partial charge on any atom is -0.457 e. The van der Waals surface area contributed by atoms with Crippen LogP contribution in [0.3, 0.4) is 0 Å². The quantitative estimate of drug-likeness (QED) is 0.162. The van der Waals surface area contributed by atoms with Crippen LogP contribution in [0.15, 0.2) is 151 Å². The number of ether oxygens (including phenoxy) is 1. The zero-order chi connectivity index (χ0) is 41.2. The van der Waals surface area contributed by atoms with E-state index >= 15 is 0 Å². The fourth-order valence-electron chi connectivity index (χ4n) is 8.94. The molecule has 5 nitrogen and oxygen atoms in total. The number of hydrogen-bond acceptors (Lipinski definition) is 4. The molecular formula is C54H52N4O. The van der Waals surface area contributed by atoms with E-state index in [1.54, 1.807) is 0 Å². The van der Waals surface area contributed by atoms with Crippen LogP contribution in [0, 0.1) is 27.7 Å². The van der Waals surface area contributed by atoms with Crippen LogP contribution in [0.5, 0.6) is 11.5 Å². The van der Waals surface area contributed by atoms with Crippen molar-refractivity contribution in [2.24, 2.45) is 0 Å². The summed E-state index contributed by atoms with van der Waals surface area (Å²) in [6.07, 6.45) is 1.94. The third kappa shape index (κ3) is 7.05. The Bertz CT molecular complexity index is 2900. The predicted octanol–water partition coefficient (Wildman–Crippen LogP) is 14.4. The fourth-order valence-corrected chi connectivity index (χ4v) is 8.94. The first kappa shape index (κ1) is 38.0. The molecule has 59 heavy (non-hydrogen) atoms. The van der Waals surface area contributed by atoms with E-state index in [0.717, 1.165) is 51.7 Å². The Hall–Kier alpha value is -6.59. The molecule has 294 valence electrons. The van der Waals surface area contributed by atoms with Crippen LogP contribution in [0.1, 0.15) is 62.4 Å². The Morgan fingerprint density at radius 1 is 0.525 bits per heavy atom. The highest BCUT2D eigenvalue weighted by atomic mass is 16.5. The van der Waals surface area contributed by atoms with E-state index in [-0.39, 0.29) is 5.41 Å². The zero-order valence-corrected chi connectivity index (χ0v) is 35.7. The third-order valence-electron chi connectivity index (χ3n) is 12.0. The molecule has 0 unspecified atom stereocenters. The largest absolute Gasteiger partial charge is 0.457 e. The Kier molecular flexibility index (Phi) is 9.43. The van der Waals surface area contributed by atoms with Gasteiger partial charge in [-0.1, -0.05) is 87.5 Å². The van der Waals surface area contributed by atoms with Crippen molar-refractivity contribution in [1.82, 2.24) is 9.55 Å². The second kappa shape index (κ2) is 14.7. The lowest BCUT2D eigenvalue weighted by Crippen LogP contribution is -2.27. The van der Waals surface area contributed by atoms with Crippen molar-refractivity contribution in [1.29, 1.82) is 0 Å². The summed E-state index contributed by atoms with van der Waals surface area (Å²) in [6.45, 7) is 20.7. The maximum atomic E-state index is 6.90. The predicted molar refractivity (Wildman–Crippen MR) is 248 cm³/mol. The number of para-hydroxylation sites is 1. The second-order valence-electron chi connectivity index (χ2n) is 17.4. The number of benzene rings is 6. The average molecular weight is 773 g/mol. The van der Waals surface area contributed by atoms with Crippen molar-refractivity contribution >= 4 is 33.2 Å². The molecular weight excluding hydrogens is 721 g/mol. The number of aryl methyl sites for hydroxylation is 4. The standard InChI is InChI=1S/C54H52N4O/c1-34-23-35(2)25-44(24-34)56-33-57(39(6)38(56)5)45-29-43(54(7,8)9)30-47(31-45)59-46-19-20-49-48-17-13-14-18-50(48)58(51(49)32-46)52-28-41(21-22-55-52)53-36(3)26-42(27-37(53)4)40-15-11-10-12-16-40/h10-32H,33H2,1-9H3. The lowest BCUT2D eigenvalue weighted by atomic mass is 9.86. The van der Waals surface area contributed by atoms with Gasteiger partial charge in [-0.05, 0) is 152 Å². The monoisotopic (exact) mass is 772 g/mol. The van der Waals surface area contributed by atoms with Crippen molar-refractivity contribution in [3.05, 3.63) is 179 Å². The molecule has 3 heterocycles. The molecule has 1 aliphatic heterocycles. The summed E-state index contributed by atoms with van der Waals surface area (Å²) in [5, 5.41) is 2.33. The molecule has 0 N–H and O–H groups in total. The van der Waals surface area contributed by atoms with Gasteiger partial charge in [0.1, 0.15) is 17.3 Å². The Morgan fingerprint density at radius 3 is 1.86 bits per heavy atom. The fraction of sp³-hybridized carbons (Fsp3) is 0.204. The molecule has 0 saturated carbocycles. The van der Waals surface area contributed by atoms with Crippen LogP contribution in [0.25, 0.3) is 49.9 Å². The van der Waals surface area contributed by atoms with E-state index in [1.165, 1.54) is 67.0 Å². The summed E-state index contributed by atoms with van der Waals surface area (Å²) in [4.78, 5) is 9.82. The van der Waals surface area contributed by atoms with Gasteiger partial charge in [0.05, 0.1) is 17.7 Å². The first-order chi connectivity index (χ1) is 28.3. The summed E-state index contributed by atoms with van der Waals surface area (Å²) in [5.74, 6) is 2.46. The van der Waals surface area contributed by atoms with Crippen LogP contribution in [-0.4, -0.2) is 16.2 Å². The van der Waals surface area contributed by atoms with E-state index in [2.05, 4.69) is 210 Å². The molecule has 9 rings (SSSR count). The van der Waals surface area contributed by atoms with E-state index in [1.807, 2.05) is 6.20 Å². The number of anilines is 2. The highest BCUT2D eigenvalue weighted by Gasteiger charge is 2.28. The maximum Gasteiger partial charge on any atom is 0.138 e. The summed E-state index contributed by atoms with van der Waals surface area (Å²) < 4.78 is 9.18. The molecule has 2 aromatic heterocycles. The SMILES string of the molecule is CC1=C(C)N(c2cc(Oc3ccc4c5ccccc5n(-c5cc(-c6c(C)cc(-c7ccccc7)cc6C)ccn5)c4c3)cc(C(C)(C)C)c2)CN1c1cc(C)cc(C)c1. The summed E-state index contributed by atoms with van der Waals surface area (Å²) in [5.41, 5.74) is 18.0. The van der Waals surface area contributed by atoms with Crippen LogP contribution in [0.2, 0.25) is 0 Å². The van der Waals surface area contributed by atoms with Crippen LogP contribution < -0.4 is 14.5 Å². The molecule has 0 bridgehead atoms. The molecule has 0 radical (unpaired) electrons. The van der Waals surface area contributed by atoms with Crippen molar-refractivity contribution in [2.45, 2.75) is 67.7 Å². The second-order valence-corrected chi connectivity index (χ2v) is 17.4. The average Bonchev–Trinajstić information content (AvgIpc) is 3.70. The minimum atomic E-state index is -0.0838. The van der Waals surface area contributed by atoms with Gasteiger partial charge >= 0.3 is 0 Å². The van der Waals surface area contributed by atoms with E-state index in [9.17, 15) is 0 Å². The van der Waals surface area contributed by atoms with Gasteiger partial charge in [-0.25, -0.2) is 4.98 Å². The molecule has 0 aliphatic carbocycles. The van der Waals surface area contributed by atoms with Crippen molar-refractivity contribution < 1.29 is 4.74 Å². The Morgan fingerprint density at radius 2 is 1.17 bits per heavy atom. The number of hydrogen-bond donors (Lipinski definition) is 0. The van der Waals surface area contributed by atoms with E-state index in [4.69, 9.17) is 9.72 Å². The van der Waals surface area contributed by atoms with E-state index < -0.39 is 0 Å². The molecule has 0 fully saturated rings. The van der Waals surface area contributed by atoms with Crippen LogP contribution >= 0.6 is 0 Å². The number of allylic oxidation sites excluding steroid dienone is 2. The van der Waals surface area contributed by atoms with Gasteiger partial charge in [-0.3, -0.25) is 4.57 Å². The summed E-state index contributed by atoms with van der Waals surface area (Å²) in [7, 11) is 0. The normalized spacial score (nSPS) is 13.3. The van der Waals surface area contributed by atoms with Crippen molar-refractivity contribution in [3.63, 3.8) is 0 Å². The topological polar surface area (TPSA) is 33.5 Å². The van der Waals surface area contributed by atoms with E-state index in [0.29, 0.717) is 0 Å². The highest BCUT2D eigenvalue weighted by Crippen LogP contribution is 2.41. The number of rotatable bonds is 7. The lowest BCUT2D eigenvalue weighted by Gasteiger charge is -2.27. The molecule has 1 aliphatic rings. The molecule has 0 atom stereocenters. The smallest absolute Gasteiger partial charge is 0.138 e. The first-order valence-corrected chi connectivity index (χ1v) is 20.6. The van der Waals surface area contributed by atoms with Crippen molar-refractivity contribution in [3.8, 4) is 39.6 Å². The molecule has 0 amide bonds. The summed E-state index contributed by atoms with van der Waals surface area (Å²) in [6, 6.07) is 48.1. The number of fused-ring (bicyclic) bond motifs is 3. The minimum absolute atomic E-state index is 0.0838. The Labute approximate surface area is 348 Å². The van der Waals surface area contributed by atoms with Gasteiger partial charge < -0.3 is 14.5 Å². The van der Waals surface area contributed by atoms with Crippen LogP contribution in [0.4, 0.5) is 11.4 Å². The Balaban J connectivity index is 1.10. The molecule has 5 heteroatoms. The highest BCUT2D eigenvalue weighted by molar-refractivity contribution is 6.09. The van der Waals surface area contributed by atoms with Gasteiger partial charge in [-0.15, -0.1) is 0 Å². The molecule has 8 aromatic rings. The molecule has 6 aromatic carbocycles. The van der Waals surface area contributed by atoms with Crippen LogP contribution in [-0.2, 0) is 5.41 Å². The first-order valence-electron chi connectivity index (χ1n) is 20.6. The zero-order valence-electron chi connectivity index (χ0n) is 35.7. The molecule has 0 spiro atoms. The number of pyridine rings is 1. The van der Waals surface area contributed by atoms with Gasteiger partial charge in [0.2, 0.25) is 0 Å². The van der Waals surface area contributed by atoms with Gasteiger partial charge in [0.25, 0.3) is 0 Å². The summed E-state index contributed by atoms with van der Waals surface area (Å²) >= 11 is 0. The van der Waals surface area contributed by atoms with Gasteiger partial charge in [0, 0.05) is 51.9 Å². The third-order valence-corrected chi connectivity index (χ3v) is 12.0. The van der Waals surface area contributed by atoms with Crippen molar-refractivity contribution in [2.75, 3.05) is 16.5 Å². The lowest BCUT2D eigenvalue weighted by molar-refractivity contribution is 0.479. The number of aromatic nitrogens is 2. The molecule has 0 saturated heterocycles. The van der Waals surface area contributed by atoms with Gasteiger partial charge in [-0.2, -0.15) is 0 Å². The number of nitrogens with zero attached hydrogens (tertiary/aromatic N) is 4.